The summed E-state index contributed by atoms with van der Waals surface area (Å²) >= 11 is 0. The molecule has 1 fully saturated rings. The van der Waals surface area contributed by atoms with Crippen molar-refractivity contribution < 1.29 is 18.3 Å². The maximum atomic E-state index is 13.5. The number of hydrogen-bond donors (Lipinski definition) is 2. The molecule has 3 atom stereocenters. The monoisotopic (exact) mass is 364 g/mol. The Morgan fingerprint density at radius 2 is 1.77 bits per heavy atom. The number of hydrogen-bond acceptors (Lipinski definition) is 3. The van der Waals surface area contributed by atoms with Gasteiger partial charge in [0.05, 0.1) is 12.6 Å². The van der Waals surface area contributed by atoms with Gasteiger partial charge in [0.1, 0.15) is 0 Å². The van der Waals surface area contributed by atoms with Crippen LogP contribution in [0.1, 0.15) is 36.6 Å². The molecule has 0 unspecified atom stereocenters. The predicted octanol–water partition coefficient (Wildman–Crippen LogP) is 3.56. The highest BCUT2D eigenvalue weighted by atomic mass is 19.2. The Morgan fingerprint density at radius 3 is 2.38 bits per heavy atom. The molecule has 0 saturated carbocycles. The van der Waals surface area contributed by atoms with E-state index in [1.165, 1.54) is 5.56 Å². The molecular formula is C20H23F3N2O. The first-order valence-corrected chi connectivity index (χ1v) is 8.80. The van der Waals surface area contributed by atoms with Gasteiger partial charge in [0.2, 0.25) is 0 Å². The van der Waals surface area contributed by atoms with Gasteiger partial charge in [0.25, 0.3) is 0 Å². The number of halogens is 3. The smallest absolute Gasteiger partial charge is 0.194 e. The summed E-state index contributed by atoms with van der Waals surface area (Å²) in [4.78, 5) is 2.33. The van der Waals surface area contributed by atoms with Crippen molar-refractivity contribution in [3.8, 4) is 0 Å². The second-order valence-electron chi connectivity index (χ2n) is 6.77. The zero-order chi connectivity index (χ0) is 18.7. The van der Waals surface area contributed by atoms with Crippen molar-refractivity contribution in [1.29, 1.82) is 0 Å². The lowest BCUT2D eigenvalue weighted by Crippen LogP contribution is -2.37. The number of rotatable bonds is 6. The van der Waals surface area contributed by atoms with Crippen molar-refractivity contribution in [3.63, 3.8) is 0 Å². The predicted molar refractivity (Wildman–Crippen MR) is 94.1 cm³/mol. The number of benzene rings is 2. The maximum absolute atomic E-state index is 13.5. The van der Waals surface area contributed by atoms with E-state index in [0.717, 1.165) is 31.6 Å². The summed E-state index contributed by atoms with van der Waals surface area (Å²) in [5, 5.41) is 12.9. The summed E-state index contributed by atoms with van der Waals surface area (Å²) in [6.45, 7) is 3.47. The molecule has 26 heavy (non-hydrogen) atoms. The number of aliphatic hydroxyl groups excluding tert-OH is 1. The SMILES string of the molecule is C[C@H](c1ccccc1)N1CC[C@H](N[C@H](CO)c2cc(F)c(F)c(F)c2)C1. The van der Waals surface area contributed by atoms with Gasteiger partial charge in [0, 0.05) is 25.2 Å². The van der Waals surface area contributed by atoms with Crippen LogP contribution in [0.25, 0.3) is 0 Å². The van der Waals surface area contributed by atoms with Crippen LogP contribution in [0.3, 0.4) is 0 Å². The molecule has 0 aliphatic carbocycles. The molecule has 1 saturated heterocycles. The highest BCUT2D eigenvalue weighted by molar-refractivity contribution is 5.23. The number of nitrogens with one attached hydrogen (secondary N) is 1. The molecule has 2 aromatic rings. The minimum Gasteiger partial charge on any atom is -0.394 e. The molecule has 0 aromatic heterocycles. The zero-order valence-electron chi connectivity index (χ0n) is 14.6. The van der Waals surface area contributed by atoms with Crippen LogP contribution in [-0.4, -0.2) is 35.7 Å². The van der Waals surface area contributed by atoms with E-state index in [2.05, 4.69) is 29.3 Å². The van der Waals surface area contributed by atoms with E-state index in [0.29, 0.717) is 0 Å². The van der Waals surface area contributed by atoms with Gasteiger partial charge in [-0.3, -0.25) is 4.90 Å². The molecule has 0 spiro atoms. The van der Waals surface area contributed by atoms with Gasteiger partial charge in [-0.05, 0) is 36.6 Å². The van der Waals surface area contributed by atoms with Crippen molar-refractivity contribution in [1.82, 2.24) is 10.2 Å². The number of nitrogens with zero attached hydrogens (tertiary/aromatic N) is 1. The van der Waals surface area contributed by atoms with E-state index in [4.69, 9.17) is 0 Å². The first-order valence-electron chi connectivity index (χ1n) is 8.80. The van der Waals surface area contributed by atoms with Crippen LogP contribution in [0.15, 0.2) is 42.5 Å². The van der Waals surface area contributed by atoms with Gasteiger partial charge in [-0.1, -0.05) is 30.3 Å². The third-order valence-electron chi connectivity index (χ3n) is 5.08. The average molecular weight is 364 g/mol. The number of aliphatic hydroxyl groups is 1. The van der Waals surface area contributed by atoms with Gasteiger partial charge in [-0.25, -0.2) is 13.2 Å². The topological polar surface area (TPSA) is 35.5 Å². The fourth-order valence-corrected chi connectivity index (χ4v) is 3.53. The Balaban J connectivity index is 1.65. The van der Waals surface area contributed by atoms with Gasteiger partial charge >= 0.3 is 0 Å². The Bertz CT molecular complexity index is 718. The van der Waals surface area contributed by atoms with Crippen LogP contribution in [-0.2, 0) is 0 Å². The first-order chi connectivity index (χ1) is 12.5. The first kappa shape index (κ1) is 18.9. The summed E-state index contributed by atoms with van der Waals surface area (Å²) in [6, 6.07) is 11.8. The molecule has 6 heteroatoms. The van der Waals surface area contributed by atoms with Gasteiger partial charge in [-0.2, -0.15) is 0 Å². The molecule has 1 aliphatic rings. The van der Waals surface area contributed by atoms with Gasteiger partial charge in [0.15, 0.2) is 17.5 Å². The molecule has 2 N–H and O–H groups in total. The fourth-order valence-electron chi connectivity index (χ4n) is 3.53. The van der Waals surface area contributed by atoms with Crippen molar-refractivity contribution in [3.05, 3.63) is 71.0 Å². The van der Waals surface area contributed by atoms with E-state index >= 15 is 0 Å². The van der Waals surface area contributed by atoms with Crippen LogP contribution in [0.4, 0.5) is 13.2 Å². The van der Waals surface area contributed by atoms with E-state index in [9.17, 15) is 18.3 Å². The standard InChI is InChI=1S/C20H23F3N2O/c1-13(14-5-3-2-4-6-14)25-8-7-16(11-25)24-19(12-26)15-9-17(21)20(23)18(22)10-15/h2-6,9-10,13,16,19,24,26H,7-8,11-12H2,1H3/t13-,16+,19-/m1/s1. The van der Waals surface area contributed by atoms with Crippen molar-refractivity contribution in [2.75, 3.05) is 19.7 Å². The van der Waals surface area contributed by atoms with E-state index in [-0.39, 0.29) is 24.3 Å². The summed E-state index contributed by atoms with van der Waals surface area (Å²) in [7, 11) is 0. The zero-order valence-corrected chi connectivity index (χ0v) is 14.6. The molecule has 3 nitrogen and oxygen atoms in total. The summed E-state index contributed by atoms with van der Waals surface area (Å²) in [6.07, 6.45) is 0.861. The Labute approximate surface area is 151 Å². The van der Waals surface area contributed by atoms with Crippen LogP contribution in [0.5, 0.6) is 0 Å². The average Bonchev–Trinajstić information content (AvgIpc) is 3.12. The lowest BCUT2D eigenvalue weighted by atomic mass is 10.1. The summed E-state index contributed by atoms with van der Waals surface area (Å²) < 4.78 is 40.1. The van der Waals surface area contributed by atoms with Crippen LogP contribution in [0, 0.1) is 17.5 Å². The minimum absolute atomic E-state index is 0.0782. The second kappa shape index (κ2) is 8.20. The van der Waals surface area contributed by atoms with Gasteiger partial charge < -0.3 is 10.4 Å². The van der Waals surface area contributed by atoms with E-state index < -0.39 is 23.5 Å². The van der Waals surface area contributed by atoms with Crippen molar-refractivity contribution in [2.24, 2.45) is 0 Å². The van der Waals surface area contributed by atoms with Crippen molar-refractivity contribution >= 4 is 0 Å². The van der Waals surface area contributed by atoms with Crippen LogP contribution in [0.2, 0.25) is 0 Å². The molecule has 3 rings (SSSR count). The summed E-state index contributed by atoms with van der Waals surface area (Å²) in [5.41, 5.74) is 1.44. The quantitative estimate of drug-likeness (QED) is 0.770. The fraction of sp³-hybridized carbons (Fsp3) is 0.400. The van der Waals surface area contributed by atoms with E-state index in [1.54, 1.807) is 0 Å². The summed E-state index contributed by atoms with van der Waals surface area (Å²) in [5.74, 6) is -3.98. The molecule has 0 radical (unpaired) electrons. The molecule has 2 aromatic carbocycles. The molecule has 0 amide bonds. The normalized spacial score (nSPS) is 20.3. The van der Waals surface area contributed by atoms with E-state index in [1.807, 2.05) is 18.2 Å². The molecule has 1 aliphatic heterocycles. The second-order valence-corrected chi connectivity index (χ2v) is 6.77. The lowest BCUT2D eigenvalue weighted by Gasteiger charge is -2.26. The lowest BCUT2D eigenvalue weighted by molar-refractivity contribution is 0.221. The third-order valence-corrected chi connectivity index (χ3v) is 5.08. The maximum Gasteiger partial charge on any atom is 0.194 e. The Morgan fingerprint density at radius 1 is 1.12 bits per heavy atom. The van der Waals surface area contributed by atoms with Crippen LogP contribution < -0.4 is 5.32 Å². The Hall–Kier alpha value is -1.89. The third kappa shape index (κ3) is 4.09. The minimum atomic E-state index is -1.49. The Kier molecular flexibility index (Phi) is 5.96. The molecule has 1 heterocycles. The molecule has 0 bridgehead atoms. The molecule has 140 valence electrons. The van der Waals surface area contributed by atoms with Gasteiger partial charge in [-0.15, -0.1) is 0 Å². The van der Waals surface area contributed by atoms with Crippen molar-refractivity contribution in [2.45, 2.75) is 31.5 Å². The largest absolute Gasteiger partial charge is 0.394 e. The molecular weight excluding hydrogens is 341 g/mol. The number of likely N-dealkylation sites (tertiary alicyclic amines) is 1. The highest BCUT2D eigenvalue weighted by Gasteiger charge is 2.29. The van der Waals surface area contributed by atoms with Crippen LogP contribution >= 0.6 is 0 Å². The highest BCUT2D eigenvalue weighted by Crippen LogP contribution is 2.26.